The van der Waals surface area contributed by atoms with Crippen molar-refractivity contribution in [1.82, 2.24) is 10.2 Å². The van der Waals surface area contributed by atoms with E-state index in [0.29, 0.717) is 30.3 Å². The van der Waals surface area contributed by atoms with Crippen LogP contribution in [0.25, 0.3) is 0 Å². The highest BCUT2D eigenvalue weighted by Gasteiger charge is 2.28. The number of unbranched alkanes of at least 4 members (excludes halogenated alkanes) is 1. The first kappa shape index (κ1) is 25.7. The summed E-state index contributed by atoms with van der Waals surface area (Å²) >= 11 is 6.24. The van der Waals surface area contributed by atoms with Crippen molar-refractivity contribution < 1.29 is 14.3 Å². The number of carbonyl (C=O) groups is 2. The van der Waals surface area contributed by atoms with Crippen LogP contribution in [-0.2, 0) is 16.1 Å². The van der Waals surface area contributed by atoms with E-state index >= 15 is 0 Å². The zero-order valence-electron chi connectivity index (χ0n) is 19.8. The van der Waals surface area contributed by atoms with Gasteiger partial charge in [-0.2, -0.15) is 0 Å². The minimum atomic E-state index is -0.558. The van der Waals surface area contributed by atoms with Crippen molar-refractivity contribution in [3.63, 3.8) is 0 Å². The van der Waals surface area contributed by atoms with Gasteiger partial charge in [-0.05, 0) is 62.4 Å². The van der Waals surface area contributed by atoms with Crippen molar-refractivity contribution >= 4 is 23.4 Å². The van der Waals surface area contributed by atoms with Gasteiger partial charge in [-0.15, -0.1) is 0 Å². The van der Waals surface area contributed by atoms with Crippen LogP contribution in [0.5, 0.6) is 5.75 Å². The average Bonchev–Trinajstić information content (AvgIpc) is 2.75. The molecule has 0 aromatic heterocycles. The zero-order chi connectivity index (χ0) is 23.7. The minimum absolute atomic E-state index is 0.125. The van der Waals surface area contributed by atoms with Gasteiger partial charge < -0.3 is 15.0 Å². The number of amides is 2. The maximum Gasteiger partial charge on any atom is 0.261 e. The maximum absolute atomic E-state index is 13.3. The normalized spacial score (nSPS) is 11.7. The van der Waals surface area contributed by atoms with Gasteiger partial charge >= 0.3 is 0 Å². The smallest absolute Gasteiger partial charge is 0.261 e. The van der Waals surface area contributed by atoms with E-state index < -0.39 is 6.04 Å². The Hall–Kier alpha value is -2.53. The largest absolute Gasteiger partial charge is 0.484 e. The van der Waals surface area contributed by atoms with Gasteiger partial charge in [0.05, 0.1) is 0 Å². The van der Waals surface area contributed by atoms with Gasteiger partial charge in [0.25, 0.3) is 5.91 Å². The Labute approximate surface area is 197 Å². The fourth-order valence-electron chi connectivity index (χ4n) is 3.65. The Bertz CT molecular complexity index is 906. The molecule has 0 aliphatic carbocycles. The third-order valence-corrected chi connectivity index (χ3v) is 6.02. The standard InChI is InChI=1S/C26H35ClN2O3/c1-6-8-12-28-26(31)23(7-2)29(16-21-11-9-10-18(3)13-21)24(30)17-32-22-14-19(4)25(27)20(5)15-22/h9-11,13-15,23H,6-8,12,16-17H2,1-5H3,(H,28,31). The average molecular weight is 459 g/mol. The zero-order valence-corrected chi connectivity index (χ0v) is 20.6. The molecule has 0 saturated heterocycles. The van der Waals surface area contributed by atoms with Crippen molar-refractivity contribution in [3.8, 4) is 5.75 Å². The molecule has 0 spiro atoms. The molecule has 2 amide bonds. The lowest BCUT2D eigenvalue weighted by Crippen LogP contribution is -2.50. The third-order valence-electron chi connectivity index (χ3n) is 5.42. The van der Waals surface area contributed by atoms with Gasteiger partial charge in [0.1, 0.15) is 11.8 Å². The number of rotatable bonds is 11. The summed E-state index contributed by atoms with van der Waals surface area (Å²) in [6, 6.07) is 11.1. The first-order valence-electron chi connectivity index (χ1n) is 11.3. The number of aryl methyl sites for hydroxylation is 3. The highest BCUT2D eigenvalue weighted by molar-refractivity contribution is 6.32. The number of nitrogens with zero attached hydrogens (tertiary/aromatic N) is 1. The molecule has 2 aromatic rings. The predicted octanol–water partition coefficient (Wildman–Crippen LogP) is 5.37. The second-order valence-corrected chi connectivity index (χ2v) is 8.62. The molecule has 1 N–H and O–H groups in total. The van der Waals surface area contributed by atoms with E-state index in [2.05, 4.69) is 12.2 Å². The Balaban J connectivity index is 2.21. The lowest BCUT2D eigenvalue weighted by Gasteiger charge is -2.30. The number of halogens is 1. The quantitative estimate of drug-likeness (QED) is 0.460. The van der Waals surface area contributed by atoms with Gasteiger partial charge in [0, 0.05) is 18.1 Å². The second-order valence-electron chi connectivity index (χ2n) is 8.24. The number of benzene rings is 2. The van der Waals surface area contributed by atoms with Gasteiger partial charge in [0.2, 0.25) is 5.91 Å². The number of hydrogen-bond acceptors (Lipinski definition) is 3. The Morgan fingerprint density at radius 1 is 1.09 bits per heavy atom. The molecule has 6 heteroatoms. The number of nitrogens with one attached hydrogen (secondary N) is 1. The number of hydrogen-bond donors (Lipinski definition) is 1. The van der Waals surface area contributed by atoms with E-state index in [1.807, 2.05) is 64.1 Å². The van der Waals surface area contributed by atoms with Crippen LogP contribution in [0.1, 0.15) is 55.4 Å². The van der Waals surface area contributed by atoms with Crippen molar-refractivity contribution in [2.24, 2.45) is 0 Å². The Morgan fingerprint density at radius 3 is 2.38 bits per heavy atom. The molecule has 32 heavy (non-hydrogen) atoms. The van der Waals surface area contributed by atoms with E-state index in [-0.39, 0.29) is 18.4 Å². The highest BCUT2D eigenvalue weighted by atomic mass is 35.5. The van der Waals surface area contributed by atoms with Gasteiger partial charge in [-0.25, -0.2) is 0 Å². The molecule has 0 aliphatic heterocycles. The summed E-state index contributed by atoms with van der Waals surface area (Å²) in [6.45, 7) is 10.6. The summed E-state index contributed by atoms with van der Waals surface area (Å²) < 4.78 is 5.82. The molecule has 2 aromatic carbocycles. The van der Waals surface area contributed by atoms with Crippen LogP contribution in [0, 0.1) is 20.8 Å². The number of ether oxygens (including phenoxy) is 1. The van der Waals surface area contributed by atoms with Crippen molar-refractivity contribution in [2.45, 2.75) is 66.5 Å². The molecule has 0 heterocycles. The van der Waals surface area contributed by atoms with Crippen LogP contribution >= 0.6 is 11.6 Å². The fraction of sp³-hybridized carbons (Fsp3) is 0.462. The minimum Gasteiger partial charge on any atom is -0.484 e. The number of carbonyl (C=O) groups excluding carboxylic acids is 2. The van der Waals surface area contributed by atoms with Crippen LogP contribution < -0.4 is 10.1 Å². The molecule has 174 valence electrons. The van der Waals surface area contributed by atoms with E-state index in [4.69, 9.17) is 16.3 Å². The Kier molecular flexibility index (Phi) is 10.0. The second kappa shape index (κ2) is 12.5. The first-order valence-corrected chi connectivity index (χ1v) is 11.7. The summed E-state index contributed by atoms with van der Waals surface area (Å²) in [7, 11) is 0. The Morgan fingerprint density at radius 2 is 1.78 bits per heavy atom. The van der Waals surface area contributed by atoms with Crippen LogP contribution in [-0.4, -0.2) is 35.9 Å². The van der Waals surface area contributed by atoms with Crippen LogP contribution in [0.4, 0.5) is 0 Å². The van der Waals surface area contributed by atoms with E-state index in [1.54, 1.807) is 4.90 Å². The van der Waals surface area contributed by atoms with Gasteiger partial charge in [-0.3, -0.25) is 9.59 Å². The molecule has 0 fully saturated rings. The van der Waals surface area contributed by atoms with E-state index in [0.717, 1.165) is 35.1 Å². The van der Waals surface area contributed by atoms with Crippen LogP contribution in [0.2, 0.25) is 5.02 Å². The predicted molar refractivity (Wildman–Crippen MR) is 130 cm³/mol. The van der Waals surface area contributed by atoms with Crippen molar-refractivity contribution in [2.75, 3.05) is 13.2 Å². The fourth-order valence-corrected chi connectivity index (χ4v) is 3.76. The summed E-state index contributed by atoms with van der Waals surface area (Å²) in [5.41, 5.74) is 3.88. The monoisotopic (exact) mass is 458 g/mol. The third kappa shape index (κ3) is 7.27. The molecule has 2 rings (SSSR count). The summed E-state index contributed by atoms with van der Waals surface area (Å²) in [4.78, 5) is 27.8. The molecule has 0 radical (unpaired) electrons. The summed E-state index contributed by atoms with van der Waals surface area (Å²) in [6.07, 6.45) is 2.43. The van der Waals surface area contributed by atoms with Crippen molar-refractivity contribution in [3.05, 3.63) is 63.7 Å². The van der Waals surface area contributed by atoms with Crippen molar-refractivity contribution in [1.29, 1.82) is 0 Å². The van der Waals surface area contributed by atoms with Gasteiger partial charge in [0.15, 0.2) is 6.61 Å². The summed E-state index contributed by atoms with van der Waals surface area (Å²) in [5.74, 6) is 0.239. The highest BCUT2D eigenvalue weighted by Crippen LogP contribution is 2.26. The van der Waals surface area contributed by atoms with E-state index in [9.17, 15) is 9.59 Å². The molecule has 0 aliphatic rings. The molecule has 1 atom stereocenters. The van der Waals surface area contributed by atoms with Gasteiger partial charge in [-0.1, -0.05) is 61.7 Å². The topological polar surface area (TPSA) is 58.6 Å². The molecule has 5 nitrogen and oxygen atoms in total. The molecular weight excluding hydrogens is 424 g/mol. The maximum atomic E-state index is 13.3. The van der Waals surface area contributed by atoms with E-state index in [1.165, 1.54) is 0 Å². The summed E-state index contributed by atoms with van der Waals surface area (Å²) in [5, 5.41) is 3.67. The molecule has 1 unspecified atom stereocenters. The SMILES string of the molecule is CCCCNC(=O)C(CC)N(Cc1cccc(C)c1)C(=O)COc1cc(C)c(Cl)c(C)c1. The lowest BCUT2D eigenvalue weighted by molar-refractivity contribution is -0.143. The first-order chi connectivity index (χ1) is 15.3. The molecular formula is C26H35ClN2O3. The van der Waals surface area contributed by atoms with Crippen LogP contribution in [0.15, 0.2) is 36.4 Å². The lowest BCUT2D eigenvalue weighted by atomic mass is 10.1. The molecule has 0 saturated carbocycles. The van der Waals surface area contributed by atoms with Crippen LogP contribution in [0.3, 0.4) is 0 Å². The molecule has 0 bridgehead atoms.